The first-order valence-corrected chi connectivity index (χ1v) is 4.45. The largest absolute Gasteiger partial charge is 0.381 e. The van der Waals surface area contributed by atoms with Crippen LogP contribution in [-0.4, -0.2) is 13.2 Å². The fraction of sp³-hybridized carbons (Fsp3) is 1.00. The minimum absolute atomic E-state index is 0.896. The highest BCUT2D eigenvalue weighted by Gasteiger charge is 2.33. The number of hydrogen-bond donors (Lipinski definition) is 0. The lowest BCUT2D eigenvalue weighted by Crippen LogP contribution is -2.37. The van der Waals surface area contributed by atoms with Gasteiger partial charge >= 0.3 is 0 Å². The second-order valence-electron chi connectivity index (χ2n) is 3.85. The summed E-state index contributed by atoms with van der Waals surface area (Å²) < 4.78 is 5.51. The van der Waals surface area contributed by atoms with Crippen molar-refractivity contribution >= 4 is 0 Å². The van der Waals surface area contributed by atoms with Crippen LogP contribution in [0.5, 0.6) is 0 Å². The molecule has 2 atom stereocenters. The molecular weight excluding hydrogens is 124 g/mol. The smallest absolute Gasteiger partial charge is 0.0497 e. The molecular formula is C9H16O. The zero-order valence-electron chi connectivity index (χ0n) is 6.68. The van der Waals surface area contributed by atoms with Crippen molar-refractivity contribution < 1.29 is 4.74 Å². The molecule has 10 heavy (non-hydrogen) atoms. The molecule has 1 saturated heterocycles. The number of fused-ring (bicyclic) bond motifs is 2. The van der Waals surface area contributed by atoms with E-state index in [1.165, 1.54) is 19.3 Å². The van der Waals surface area contributed by atoms with Crippen molar-refractivity contribution in [2.45, 2.75) is 26.2 Å². The van der Waals surface area contributed by atoms with Crippen molar-refractivity contribution in [1.29, 1.82) is 0 Å². The van der Waals surface area contributed by atoms with Gasteiger partial charge in [0.15, 0.2) is 0 Å². The standard InChI is InChI=1S/C9H16O/c1-7-8-3-2-4-9(7)6-10-5-8/h7-9H,2-6H2,1H3. The van der Waals surface area contributed by atoms with Crippen molar-refractivity contribution in [2.75, 3.05) is 13.2 Å². The zero-order valence-corrected chi connectivity index (χ0v) is 6.68. The summed E-state index contributed by atoms with van der Waals surface area (Å²) >= 11 is 0. The lowest BCUT2D eigenvalue weighted by atomic mass is 9.72. The second-order valence-corrected chi connectivity index (χ2v) is 3.85. The van der Waals surface area contributed by atoms with E-state index in [9.17, 15) is 0 Å². The molecule has 1 nitrogen and oxygen atoms in total. The van der Waals surface area contributed by atoms with Crippen LogP contribution in [0, 0.1) is 17.8 Å². The Kier molecular flexibility index (Phi) is 1.69. The van der Waals surface area contributed by atoms with E-state index in [0.29, 0.717) is 0 Å². The summed E-state index contributed by atoms with van der Waals surface area (Å²) in [7, 11) is 0. The highest BCUT2D eigenvalue weighted by atomic mass is 16.5. The van der Waals surface area contributed by atoms with Gasteiger partial charge in [0.25, 0.3) is 0 Å². The fourth-order valence-electron chi connectivity index (χ4n) is 2.39. The monoisotopic (exact) mass is 140 g/mol. The maximum atomic E-state index is 5.51. The van der Waals surface area contributed by atoms with Crippen molar-refractivity contribution in [3.05, 3.63) is 0 Å². The Hall–Kier alpha value is -0.0400. The Morgan fingerprint density at radius 3 is 2.20 bits per heavy atom. The minimum atomic E-state index is 0.896. The van der Waals surface area contributed by atoms with E-state index in [0.717, 1.165) is 31.0 Å². The third kappa shape index (κ3) is 0.968. The Morgan fingerprint density at radius 1 is 1.10 bits per heavy atom. The van der Waals surface area contributed by atoms with Crippen LogP contribution in [0.3, 0.4) is 0 Å². The van der Waals surface area contributed by atoms with Crippen LogP contribution in [0.1, 0.15) is 26.2 Å². The molecule has 2 aliphatic rings. The number of hydrogen-bond acceptors (Lipinski definition) is 1. The number of ether oxygens (including phenoxy) is 1. The van der Waals surface area contributed by atoms with E-state index < -0.39 is 0 Å². The van der Waals surface area contributed by atoms with Gasteiger partial charge < -0.3 is 4.74 Å². The van der Waals surface area contributed by atoms with Crippen LogP contribution < -0.4 is 0 Å². The van der Waals surface area contributed by atoms with Gasteiger partial charge in [0, 0.05) is 13.2 Å². The molecule has 2 unspecified atom stereocenters. The van der Waals surface area contributed by atoms with Gasteiger partial charge in [-0.25, -0.2) is 0 Å². The summed E-state index contributed by atoms with van der Waals surface area (Å²) in [6.45, 7) is 4.48. The predicted molar refractivity (Wildman–Crippen MR) is 40.8 cm³/mol. The fourth-order valence-corrected chi connectivity index (χ4v) is 2.39. The molecule has 1 heterocycles. The summed E-state index contributed by atoms with van der Waals surface area (Å²) in [5, 5.41) is 0. The quantitative estimate of drug-likeness (QED) is 0.500. The van der Waals surface area contributed by atoms with E-state index >= 15 is 0 Å². The van der Waals surface area contributed by atoms with Crippen LogP contribution in [0.15, 0.2) is 0 Å². The molecule has 2 bridgehead atoms. The summed E-state index contributed by atoms with van der Waals surface area (Å²) in [5.41, 5.74) is 0. The second kappa shape index (κ2) is 2.54. The van der Waals surface area contributed by atoms with E-state index in [2.05, 4.69) is 6.92 Å². The van der Waals surface area contributed by atoms with Gasteiger partial charge in [0.2, 0.25) is 0 Å². The summed E-state index contributed by atoms with van der Waals surface area (Å²) in [6.07, 6.45) is 4.28. The molecule has 2 fully saturated rings. The summed E-state index contributed by atoms with van der Waals surface area (Å²) in [6, 6.07) is 0. The molecule has 0 radical (unpaired) electrons. The lowest BCUT2D eigenvalue weighted by Gasteiger charge is -2.40. The molecule has 1 heteroatoms. The zero-order chi connectivity index (χ0) is 6.97. The van der Waals surface area contributed by atoms with E-state index in [1.807, 2.05) is 0 Å². The molecule has 1 saturated carbocycles. The SMILES string of the molecule is CC1C2CCCC1COC2. The van der Waals surface area contributed by atoms with Gasteiger partial charge in [-0.3, -0.25) is 0 Å². The highest BCUT2D eigenvalue weighted by molar-refractivity contribution is 4.82. The van der Waals surface area contributed by atoms with E-state index in [-0.39, 0.29) is 0 Å². The van der Waals surface area contributed by atoms with Gasteiger partial charge in [-0.05, 0) is 30.6 Å². The van der Waals surface area contributed by atoms with Crippen LogP contribution in [0.25, 0.3) is 0 Å². The van der Waals surface area contributed by atoms with Crippen LogP contribution in [0.2, 0.25) is 0 Å². The number of rotatable bonds is 0. The van der Waals surface area contributed by atoms with Gasteiger partial charge in [-0.2, -0.15) is 0 Å². The van der Waals surface area contributed by atoms with Crippen molar-refractivity contribution in [1.82, 2.24) is 0 Å². The Bertz CT molecular complexity index is 99.9. The first kappa shape index (κ1) is 6.66. The Balaban J connectivity index is 2.05. The van der Waals surface area contributed by atoms with E-state index in [1.54, 1.807) is 0 Å². The maximum Gasteiger partial charge on any atom is 0.0497 e. The normalized spacial score (nSPS) is 47.1. The molecule has 1 aliphatic carbocycles. The molecule has 0 aromatic carbocycles. The van der Waals surface area contributed by atoms with Crippen molar-refractivity contribution in [2.24, 2.45) is 17.8 Å². The Morgan fingerprint density at radius 2 is 1.70 bits per heavy atom. The minimum Gasteiger partial charge on any atom is -0.381 e. The summed E-state index contributed by atoms with van der Waals surface area (Å²) in [4.78, 5) is 0. The molecule has 0 N–H and O–H groups in total. The molecule has 0 aromatic rings. The molecule has 2 rings (SSSR count). The van der Waals surface area contributed by atoms with Gasteiger partial charge in [0.05, 0.1) is 0 Å². The van der Waals surface area contributed by atoms with Gasteiger partial charge in [0.1, 0.15) is 0 Å². The molecule has 0 aromatic heterocycles. The van der Waals surface area contributed by atoms with Gasteiger partial charge in [-0.1, -0.05) is 13.3 Å². The topological polar surface area (TPSA) is 9.23 Å². The molecule has 1 aliphatic heterocycles. The van der Waals surface area contributed by atoms with Crippen LogP contribution in [-0.2, 0) is 4.74 Å². The maximum absolute atomic E-state index is 5.51. The molecule has 0 spiro atoms. The third-order valence-electron chi connectivity index (χ3n) is 3.30. The predicted octanol–water partition coefficient (Wildman–Crippen LogP) is 2.07. The lowest BCUT2D eigenvalue weighted by molar-refractivity contribution is -0.0487. The first-order valence-electron chi connectivity index (χ1n) is 4.45. The average molecular weight is 140 g/mol. The van der Waals surface area contributed by atoms with E-state index in [4.69, 9.17) is 4.74 Å². The first-order chi connectivity index (χ1) is 4.88. The third-order valence-corrected chi connectivity index (χ3v) is 3.30. The Labute approximate surface area is 62.8 Å². The van der Waals surface area contributed by atoms with Crippen molar-refractivity contribution in [3.8, 4) is 0 Å². The van der Waals surface area contributed by atoms with Crippen molar-refractivity contribution in [3.63, 3.8) is 0 Å². The van der Waals surface area contributed by atoms with Crippen LogP contribution >= 0.6 is 0 Å². The average Bonchev–Trinajstić information content (AvgIpc) is 1.86. The highest BCUT2D eigenvalue weighted by Crippen LogP contribution is 2.37. The molecule has 0 amide bonds. The van der Waals surface area contributed by atoms with Crippen LogP contribution in [0.4, 0.5) is 0 Å². The molecule has 58 valence electrons. The van der Waals surface area contributed by atoms with Gasteiger partial charge in [-0.15, -0.1) is 0 Å². The summed E-state index contributed by atoms with van der Waals surface area (Å²) in [5.74, 6) is 2.74.